The molecular formula is C21H26N6. The van der Waals surface area contributed by atoms with Crippen LogP contribution < -0.4 is 11.1 Å². The van der Waals surface area contributed by atoms with Crippen molar-refractivity contribution in [3.63, 3.8) is 0 Å². The maximum Gasteiger partial charge on any atom is 0.188 e. The predicted octanol–water partition coefficient (Wildman–Crippen LogP) is 3.05. The molecule has 0 unspecified atom stereocenters. The number of hydrogen-bond acceptors (Lipinski definition) is 3. The molecule has 0 radical (unpaired) electrons. The fourth-order valence-corrected chi connectivity index (χ4v) is 2.77. The molecule has 1 heterocycles. The first kappa shape index (κ1) is 18.6. The van der Waals surface area contributed by atoms with Gasteiger partial charge in [-0.1, -0.05) is 62.4 Å². The van der Waals surface area contributed by atoms with Crippen LogP contribution in [0.25, 0.3) is 11.1 Å². The van der Waals surface area contributed by atoms with E-state index in [1.807, 2.05) is 16.8 Å². The number of nitrogens with zero attached hydrogens (tertiary/aromatic N) is 4. The normalized spacial score (nSPS) is 11.7. The summed E-state index contributed by atoms with van der Waals surface area (Å²) in [5, 5.41) is 7.30. The Morgan fingerprint density at radius 3 is 2.63 bits per heavy atom. The van der Waals surface area contributed by atoms with Gasteiger partial charge in [-0.2, -0.15) is 5.10 Å². The Hall–Kier alpha value is -3.15. The Labute approximate surface area is 160 Å². The summed E-state index contributed by atoms with van der Waals surface area (Å²) in [4.78, 5) is 8.46. The molecule has 3 N–H and O–H groups in total. The number of guanidine groups is 1. The van der Waals surface area contributed by atoms with Crippen LogP contribution in [0.15, 0.2) is 66.2 Å². The molecule has 0 fully saturated rings. The Kier molecular flexibility index (Phi) is 6.20. The first-order chi connectivity index (χ1) is 13.1. The summed E-state index contributed by atoms with van der Waals surface area (Å²) >= 11 is 0. The number of nitrogens with one attached hydrogen (secondary N) is 1. The first-order valence-corrected chi connectivity index (χ1v) is 9.15. The van der Waals surface area contributed by atoms with Gasteiger partial charge in [0.15, 0.2) is 5.96 Å². The summed E-state index contributed by atoms with van der Waals surface area (Å²) in [6, 6.07) is 16.8. The van der Waals surface area contributed by atoms with Gasteiger partial charge < -0.3 is 11.1 Å². The van der Waals surface area contributed by atoms with Crippen molar-refractivity contribution in [1.82, 2.24) is 20.1 Å². The summed E-state index contributed by atoms with van der Waals surface area (Å²) in [6.45, 7) is 6.37. The highest BCUT2D eigenvalue weighted by Gasteiger charge is 2.05. The Balaban J connectivity index is 1.72. The SMILES string of the molecule is CC(C)CNC(N)=NCc1ccccc1-c1ccc(Cn2cncn2)cc1. The Bertz CT molecular complexity index is 866. The molecule has 0 aliphatic carbocycles. The van der Waals surface area contributed by atoms with Crippen LogP contribution in [-0.2, 0) is 13.1 Å². The molecule has 6 heteroatoms. The summed E-state index contributed by atoms with van der Waals surface area (Å²) in [7, 11) is 0. The largest absolute Gasteiger partial charge is 0.370 e. The van der Waals surface area contributed by atoms with Crippen LogP contribution in [0.2, 0.25) is 0 Å². The summed E-state index contributed by atoms with van der Waals surface area (Å²) < 4.78 is 1.81. The maximum atomic E-state index is 5.97. The number of rotatable bonds is 7. The molecule has 0 saturated heterocycles. The monoisotopic (exact) mass is 362 g/mol. The third-order valence-electron chi connectivity index (χ3n) is 4.20. The van der Waals surface area contributed by atoms with Crippen LogP contribution in [-0.4, -0.2) is 27.3 Å². The second-order valence-corrected chi connectivity index (χ2v) is 6.92. The molecule has 3 aromatic rings. The molecule has 27 heavy (non-hydrogen) atoms. The van der Waals surface area contributed by atoms with E-state index in [9.17, 15) is 0 Å². The molecule has 2 aromatic carbocycles. The second-order valence-electron chi connectivity index (χ2n) is 6.92. The van der Waals surface area contributed by atoms with Gasteiger partial charge in [-0.15, -0.1) is 0 Å². The van der Waals surface area contributed by atoms with Gasteiger partial charge in [0, 0.05) is 6.54 Å². The summed E-state index contributed by atoms with van der Waals surface area (Å²) in [5.41, 5.74) is 10.6. The van der Waals surface area contributed by atoms with Crippen LogP contribution in [0, 0.1) is 5.92 Å². The van der Waals surface area contributed by atoms with Gasteiger partial charge in [0.1, 0.15) is 12.7 Å². The Morgan fingerprint density at radius 2 is 1.93 bits per heavy atom. The molecule has 0 bridgehead atoms. The number of nitrogens with two attached hydrogens (primary N) is 1. The predicted molar refractivity (Wildman–Crippen MR) is 109 cm³/mol. The molecule has 140 valence electrons. The van der Waals surface area contributed by atoms with Crippen molar-refractivity contribution < 1.29 is 0 Å². The van der Waals surface area contributed by atoms with E-state index < -0.39 is 0 Å². The molecule has 0 saturated carbocycles. The number of aliphatic imine (C=N–C) groups is 1. The van der Waals surface area contributed by atoms with Gasteiger partial charge in [-0.25, -0.2) is 14.7 Å². The quantitative estimate of drug-likeness (QED) is 0.500. The molecular weight excluding hydrogens is 336 g/mol. The van der Waals surface area contributed by atoms with E-state index in [0.29, 0.717) is 25.0 Å². The van der Waals surface area contributed by atoms with E-state index in [1.165, 1.54) is 11.1 Å². The number of aromatic nitrogens is 3. The van der Waals surface area contributed by atoms with Crippen LogP contribution in [0.3, 0.4) is 0 Å². The molecule has 6 nitrogen and oxygen atoms in total. The molecule has 3 rings (SSSR count). The van der Waals surface area contributed by atoms with Crippen molar-refractivity contribution in [3.05, 3.63) is 72.3 Å². The highest BCUT2D eigenvalue weighted by Crippen LogP contribution is 2.25. The average Bonchev–Trinajstić information content (AvgIpc) is 3.18. The molecule has 0 aliphatic rings. The molecule has 0 amide bonds. The summed E-state index contributed by atoms with van der Waals surface area (Å²) in [5.74, 6) is 1.02. The third kappa shape index (κ3) is 5.41. The lowest BCUT2D eigenvalue weighted by molar-refractivity contribution is 0.622. The van der Waals surface area contributed by atoms with Crippen molar-refractivity contribution in [1.29, 1.82) is 0 Å². The maximum absolute atomic E-state index is 5.97. The lowest BCUT2D eigenvalue weighted by Crippen LogP contribution is -2.34. The van der Waals surface area contributed by atoms with Crippen LogP contribution in [0.1, 0.15) is 25.0 Å². The van der Waals surface area contributed by atoms with E-state index in [0.717, 1.165) is 17.7 Å². The van der Waals surface area contributed by atoms with Crippen LogP contribution in [0.4, 0.5) is 0 Å². The van der Waals surface area contributed by atoms with Crippen molar-refractivity contribution in [3.8, 4) is 11.1 Å². The van der Waals surface area contributed by atoms with E-state index in [-0.39, 0.29) is 0 Å². The minimum absolute atomic E-state index is 0.488. The zero-order valence-corrected chi connectivity index (χ0v) is 15.8. The standard InChI is InChI=1S/C21H26N6/c1-16(2)11-24-21(22)25-12-19-5-3-4-6-20(19)18-9-7-17(8-10-18)13-27-15-23-14-26-27/h3-10,14-16H,11-13H2,1-2H3,(H3,22,24,25). The fraction of sp³-hybridized carbons (Fsp3) is 0.286. The van der Waals surface area contributed by atoms with Crippen molar-refractivity contribution >= 4 is 5.96 Å². The van der Waals surface area contributed by atoms with Crippen LogP contribution >= 0.6 is 0 Å². The molecule has 0 aliphatic heterocycles. The van der Waals surface area contributed by atoms with Gasteiger partial charge in [-0.05, 0) is 28.2 Å². The lowest BCUT2D eigenvalue weighted by Gasteiger charge is -2.11. The number of hydrogen-bond donors (Lipinski definition) is 2. The van der Waals surface area contributed by atoms with Gasteiger partial charge in [-0.3, -0.25) is 0 Å². The van der Waals surface area contributed by atoms with Crippen LogP contribution in [0.5, 0.6) is 0 Å². The van der Waals surface area contributed by atoms with Gasteiger partial charge >= 0.3 is 0 Å². The molecule has 1 aromatic heterocycles. The van der Waals surface area contributed by atoms with Gasteiger partial charge in [0.05, 0.1) is 13.1 Å². The smallest absolute Gasteiger partial charge is 0.188 e. The number of benzene rings is 2. The van der Waals surface area contributed by atoms with Crippen molar-refractivity contribution in [2.45, 2.75) is 26.9 Å². The van der Waals surface area contributed by atoms with E-state index in [2.05, 4.69) is 70.6 Å². The molecule has 0 atom stereocenters. The Morgan fingerprint density at radius 1 is 1.15 bits per heavy atom. The third-order valence-corrected chi connectivity index (χ3v) is 4.20. The van der Waals surface area contributed by atoms with Crippen molar-refractivity contribution in [2.24, 2.45) is 16.6 Å². The average molecular weight is 362 g/mol. The van der Waals surface area contributed by atoms with E-state index in [1.54, 1.807) is 12.7 Å². The zero-order chi connectivity index (χ0) is 19.1. The van der Waals surface area contributed by atoms with Gasteiger partial charge in [0.25, 0.3) is 0 Å². The van der Waals surface area contributed by atoms with Crippen molar-refractivity contribution in [2.75, 3.05) is 6.54 Å². The lowest BCUT2D eigenvalue weighted by atomic mass is 9.98. The second kappa shape index (κ2) is 8.98. The van der Waals surface area contributed by atoms with Gasteiger partial charge in [0.2, 0.25) is 0 Å². The molecule has 0 spiro atoms. The topological polar surface area (TPSA) is 81.1 Å². The fourth-order valence-electron chi connectivity index (χ4n) is 2.77. The minimum atomic E-state index is 0.488. The highest BCUT2D eigenvalue weighted by molar-refractivity contribution is 5.78. The minimum Gasteiger partial charge on any atom is -0.370 e. The van der Waals surface area contributed by atoms with E-state index in [4.69, 9.17) is 5.73 Å². The first-order valence-electron chi connectivity index (χ1n) is 9.15. The zero-order valence-electron chi connectivity index (χ0n) is 15.8. The van der Waals surface area contributed by atoms with E-state index >= 15 is 0 Å². The highest BCUT2D eigenvalue weighted by atomic mass is 15.3. The summed E-state index contributed by atoms with van der Waals surface area (Å²) in [6.07, 6.45) is 3.27.